The van der Waals surface area contributed by atoms with Crippen molar-refractivity contribution in [1.29, 1.82) is 0 Å². The number of rotatable bonds is 21. The summed E-state index contributed by atoms with van der Waals surface area (Å²) in [5.74, 6) is -4.26. The SMILES string of the molecule is NCCCCC(N)C(=O)NC(CCCCN)C(=O)NC(CCCCN)C(=O)NC(CC(N)=O)C(=O)O. The van der Waals surface area contributed by atoms with Crippen LogP contribution >= 0.6 is 0 Å². The maximum absolute atomic E-state index is 13.1. The van der Waals surface area contributed by atoms with E-state index in [0.717, 1.165) is 0 Å². The number of nitrogens with two attached hydrogens (primary N) is 5. The molecule has 0 spiro atoms. The summed E-state index contributed by atoms with van der Waals surface area (Å²) in [6.45, 7) is 1.25. The molecule has 0 heterocycles. The van der Waals surface area contributed by atoms with Gasteiger partial charge in [0.1, 0.15) is 18.1 Å². The van der Waals surface area contributed by atoms with Gasteiger partial charge in [-0.15, -0.1) is 0 Å². The quantitative estimate of drug-likeness (QED) is 0.0702. The maximum atomic E-state index is 13.1. The molecular weight excluding hydrogens is 472 g/mol. The van der Waals surface area contributed by atoms with Crippen LogP contribution in [0.15, 0.2) is 0 Å². The van der Waals surface area contributed by atoms with Crippen molar-refractivity contribution >= 4 is 29.6 Å². The van der Waals surface area contributed by atoms with Gasteiger partial charge < -0.3 is 49.7 Å². The summed E-state index contributed by atoms with van der Waals surface area (Å²) in [5.41, 5.74) is 27.5. The highest BCUT2D eigenvalue weighted by molar-refractivity contribution is 5.94. The number of nitrogens with one attached hydrogen (secondary N) is 3. The van der Waals surface area contributed by atoms with Crippen LogP contribution in [0.1, 0.15) is 64.2 Å². The first kappa shape index (κ1) is 33.2. The Kier molecular flexibility index (Phi) is 17.9. The van der Waals surface area contributed by atoms with E-state index in [2.05, 4.69) is 16.0 Å². The van der Waals surface area contributed by atoms with E-state index in [-0.39, 0.29) is 12.8 Å². The zero-order chi connectivity index (χ0) is 27.5. The Bertz CT molecular complexity index is 708. The van der Waals surface area contributed by atoms with Crippen LogP contribution in [-0.4, -0.2) is 78.5 Å². The third-order valence-corrected chi connectivity index (χ3v) is 5.49. The Labute approximate surface area is 211 Å². The van der Waals surface area contributed by atoms with Crippen LogP contribution in [0.4, 0.5) is 0 Å². The van der Waals surface area contributed by atoms with E-state index in [4.69, 9.17) is 28.7 Å². The van der Waals surface area contributed by atoms with Gasteiger partial charge in [-0.25, -0.2) is 4.79 Å². The summed E-state index contributed by atoms with van der Waals surface area (Å²) in [7, 11) is 0. The molecule has 4 atom stereocenters. The summed E-state index contributed by atoms with van der Waals surface area (Å²) in [4.78, 5) is 61.1. The van der Waals surface area contributed by atoms with Crippen molar-refractivity contribution in [2.75, 3.05) is 19.6 Å². The molecule has 0 aromatic rings. The van der Waals surface area contributed by atoms with Crippen LogP contribution in [0.2, 0.25) is 0 Å². The summed E-state index contributed by atoms with van der Waals surface area (Å²) in [5, 5.41) is 16.8. The lowest BCUT2D eigenvalue weighted by atomic mass is 10.0. The number of carboxylic acid groups (broad SMARTS) is 1. The van der Waals surface area contributed by atoms with Crippen LogP contribution in [0.25, 0.3) is 0 Å². The monoisotopic (exact) mass is 516 g/mol. The molecule has 208 valence electrons. The molecule has 0 aromatic heterocycles. The van der Waals surface area contributed by atoms with Gasteiger partial charge in [0.15, 0.2) is 0 Å². The second-order valence-electron chi connectivity index (χ2n) is 8.65. The van der Waals surface area contributed by atoms with Gasteiger partial charge in [-0.2, -0.15) is 0 Å². The third kappa shape index (κ3) is 14.6. The largest absolute Gasteiger partial charge is 0.480 e. The van der Waals surface area contributed by atoms with Crippen LogP contribution in [-0.2, 0) is 24.0 Å². The van der Waals surface area contributed by atoms with Crippen LogP contribution < -0.4 is 44.6 Å². The lowest BCUT2D eigenvalue weighted by Gasteiger charge is -2.25. The Hall–Kier alpha value is -2.81. The van der Waals surface area contributed by atoms with Gasteiger partial charge >= 0.3 is 5.97 Å². The number of primary amides is 1. The second-order valence-corrected chi connectivity index (χ2v) is 8.65. The highest BCUT2D eigenvalue weighted by Gasteiger charge is 2.30. The highest BCUT2D eigenvalue weighted by atomic mass is 16.4. The average molecular weight is 517 g/mol. The van der Waals surface area contributed by atoms with Crippen LogP contribution in [0.3, 0.4) is 0 Å². The number of amides is 4. The Balaban J connectivity index is 5.48. The van der Waals surface area contributed by atoms with Gasteiger partial charge in [-0.1, -0.05) is 6.42 Å². The van der Waals surface area contributed by atoms with Gasteiger partial charge in [0.2, 0.25) is 23.6 Å². The van der Waals surface area contributed by atoms with Crippen molar-refractivity contribution in [3.05, 3.63) is 0 Å². The summed E-state index contributed by atoms with van der Waals surface area (Å²) in [6, 6.07) is -4.47. The Morgan fingerprint density at radius 3 is 1.39 bits per heavy atom. The summed E-state index contributed by atoms with van der Waals surface area (Å²) < 4.78 is 0. The minimum absolute atomic E-state index is 0.166. The molecule has 0 aliphatic rings. The molecule has 0 aliphatic carbocycles. The Morgan fingerprint density at radius 2 is 1.00 bits per heavy atom. The molecule has 0 bridgehead atoms. The molecule has 0 aliphatic heterocycles. The number of hydrogen-bond acceptors (Lipinski definition) is 9. The van der Waals surface area contributed by atoms with E-state index in [0.29, 0.717) is 64.6 Å². The normalized spacial score (nSPS) is 14.2. The van der Waals surface area contributed by atoms with Gasteiger partial charge in [0.05, 0.1) is 12.5 Å². The van der Waals surface area contributed by atoms with E-state index in [1.165, 1.54) is 0 Å². The predicted octanol–water partition coefficient (Wildman–Crippen LogP) is -2.88. The molecule has 0 saturated carbocycles. The van der Waals surface area contributed by atoms with E-state index >= 15 is 0 Å². The fourth-order valence-electron chi connectivity index (χ4n) is 3.39. The lowest BCUT2D eigenvalue weighted by Crippen LogP contribution is -2.57. The van der Waals surface area contributed by atoms with Gasteiger partial charge in [-0.05, 0) is 71.0 Å². The molecule has 14 heteroatoms. The standard InChI is InChI=1S/C22H44N8O6/c23-10-4-1-7-14(26)19(32)28-15(8-2-5-11-24)20(33)29-16(9-3-6-12-25)21(34)30-17(22(35)36)13-18(27)31/h14-17H,1-13,23-26H2,(H2,27,31)(H,28,32)(H,29,33)(H,30,34)(H,35,36). The Morgan fingerprint density at radius 1 is 0.611 bits per heavy atom. The second kappa shape index (κ2) is 19.4. The number of carboxylic acids is 1. The average Bonchev–Trinajstić information content (AvgIpc) is 2.81. The topological polar surface area (TPSA) is 272 Å². The van der Waals surface area contributed by atoms with E-state index in [9.17, 15) is 29.1 Å². The molecule has 0 rings (SSSR count). The van der Waals surface area contributed by atoms with Gasteiger partial charge in [-0.3, -0.25) is 19.2 Å². The predicted molar refractivity (Wildman–Crippen MR) is 134 cm³/mol. The molecule has 14 N–H and O–H groups in total. The molecule has 0 fully saturated rings. The number of carbonyl (C=O) groups excluding carboxylic acids is 4. The fourth-order valence-corrected chi connectivity index (χ4v) is 3.39. The minimum Gasteiger partial charge on any atom is -0.480 e. The van der Waals surface area contributed by atoms with E-state index in [1.807, 2.05) is 0 Å². The van der Waals surface area contributed by atoms with Crippen molar-refractivity contribution in [2.24, 2.45) is 28.7 Å². The first-order chi connectivity index (χ1) is 17.1. The molecule has 0 saturated heterocycles. The molecule has 36 heavy (non-hydrogen) atoms. The maximum Gasteiger partial charge on any atom is 0.326 e. The van der Waals surface area contributed by atoms with Crippen molar-refractivity contribution in [3.63, 3.8) is 0 Å². The van der Waals surface area contributed by atoms with Crippen LogP contribution in [0.5, 0.6) is 0 Å². The lowest BCUT2D eigenvalue weighted by molar-refractivity contribution is -0.143. The highest BCUT2D eigenvalue weighted by Crippen LogP contribution is 2.07. The van der Waals surface area contributed by atoms with E-state index in [1.54, 1.807) is 0 Å². The smallest absolute Gasteiger partial charge is 0.326 e. The number of aliphatic carboxylic acids is 1. The third-order valence-electron chi connectivity index (χ3n) is 5.49. The van der Waals surface area contributed by atoms with Crippen molar-refractivity contribution in [3.8, 4) is 0 Å². The van der Waals surface area contributed by atoms with Gasteiger partial charge in [0, 0.05) is 0 Å². The minimum atomic E-state index is -1.55. The molecular formula is C22H44N8O6. The first-order valence-corrected chi connectivity index (χ1v) is 12.3. The number of unbranched alkanes of at least 4 members (excludes halogenated alkanes) is 3. The van der Waals surface area contributed by atoms with Crippen molar-refractivity contribution in [2.45, 2.75) is 88.4 Å². The zero-order valence-corrected chi connectivity index (χ0v) is 20.9. The molecule has 4 unspecified atom stereocenters. The zero-order valence-electron chi connectivity index (χ0n) is 20.9. The van der Waals surface area contributed by atoms with Crippen molar-refractivity contribution < 1.29 is 29.1 Å². The molecule has 0 radical (unpaired) electrons. The molecule has 14 nitrogen and oxygen atoms in total. The fraction of sp³-hybridized carbons (Fsp3) is 0.773. The number of carbonyl (C=O) groups is 5. The van der Waals surface area contributed by atoms with Gasteiger partial charge in [0.25, 0.3) is 0 Å². The van der Waals surface area contributed by atoms with Crippen LogP contribution in [0, 0.1) is 0 Å². The number of hydrogen-bond donors (Lipinski definition) is 9. The molecule has 4 amide bonds. The van der Waals surface area contributed by atoms with Crippen molar-refractivity contribution in [1.82, 2.24) is 16.0 Å². The first-order valence-electron chi connectivity index (χ1n) is 12.3. The summed E-state index contributed by atoms with van der Waals surface area (Å²) in [6.07, 6.45) is 3.81. The molecule has 0 aromatic carbocycles. The van der Waals surface area contributed by atoms with E-state index < -0.39 is 60.2 Å². The summed E-state index contributed by atoms with van der Waals surface area (Å²) >= 11 is 0.